The highest BCUT2D eigenvalue weighted by molar-refractivity contribution is 7.93. The quantitative estimate of drug-likeness (QED) is 0.432. The zero-order valence-corrected chi connectivity index (χ0v) is 19.4. The van der Waals surface area contributed by atoms with Crippen LogP contribution in [0.25, 0.3) is 0 Å². The van der Waals surface area contributed by atoms with Crippen LogP contribution in [0.2, 0.25) is 5.02 Å². The summed E-state index contributed by atoms with van der Waals surface area (Å²) >= 11 is 6.20. The van der Waals surface area contributed by atoms with Crippen LogP contribution in [0, 0.1) is 0 Å². The van der Waals surface area contributed by atoms with Crippen molar-refractivity contribution in [1.29, 1.82) is 0 Å². The lowest BCUT2D eigenvalue weighted by atomic mass is 10.1. The minimum Gasteiger partial charge on any atom is -0.495 e. The van der Waals surface area contributed by atoms with Gasteiger partial charge in [0.25, 0.3) is 15.9 Å². The Labute approximate surface area is 193 Å². The highest BCUT2D eigenvalue weighted by atomic mass is 35.5. The Hall–Kier alpha value is -3.03. The number of nitrogens with zero attached hydrogens (tertiary/aromatic N) is 1. The minimum absolute atomic E-state index is 0.0239. The maximum absolute atomic E-state index is 13.3. The molecule has 0 aliphatic heterocycles. The van der Waals surface area contributed by atoms with Crippen molar-refractivity contribution in [3.05, 3.63) is 83.4 Å². The molecule has 8 heteroatoms. The van der Waals surface area contributed by atoms with Crippen LogP contribution in [0.1, 0.15) is 18.9 Å². The summed E-state index contributed by atoms with van der Waals surface area (Å²) in [5, 5.41) is 0.179. The summed E-state index contributed by atoms with van der Waals surface area (Å²) in [7, 11) is -2.76. The van der Waals surface area contributed by atoms with Crippen molar-refractivity contribution in [1.82, 2.24) is 0 Å². The Kier molecular flexibility index (Phi) is 7.77. The molecule has 0 spiro atoms. The molecule has 6 nitrogen and oxygen atoms in total. The van der Waals surface area contributed by atoms with Crippen molar-refractivity contribution in [2.45, 2.75) is 24.7 Å². The lowest BCUT2D eigenvalue weighted by Gasteiger charge is -2.23. The number of hydrogen-bond acceptors (Lipinski definition) is 5. The van der Waals surface area contributed by atoms with Crippen LogP contribution in [0.15, 0.2) is 77.7 Å². The molecule has 0 aliphatic rings. The number of halogens is 1. The van der Waals surface area contributed by atoms with E-state index in [1.54, 1.807) is 30.3 Å². The van der Waals surface area contributed by atoms with Crippen LogP contribution in [0.3, 0.4) is 0 Å². The standard InChI is InChI=1S/C24H24ClNO5S/c1-3-7-18-10-13-20(14-11-18)31-17-24(27)26(19-12-15-23(30-2)22(25)16-19)32(28,29)21-8-5-4-6-9-21/h4-6,8-16H,3,7,17H2,1-2H3. The number of ether oxygens (including phenoxy) is 2. The third-order valence-electron chi connectivity index (χ3n) is 4.70. The van der Waals surface area contributed by atoms with Gasteiger partial charge in [-0.25, -0.2) is 8.42 Å². The molecule has 0 aromatic heterocycles. The van der Waals surface area contributed by atoms with E-state index in [0.29, 0.717) is 15.8 Å². The second-order valence-electron chi connectivity index (χ2n) is 6.98. The second kappa shape index (κ2) is 10.5. The van der Waals surface area contributed by atoms with Crippen LogP contribution >= 0.6 is 11.6 Å². The molecule has 32 heavy (non-hydrogen) atoms. The van der Waals surface area contributed by atoms with Gasteiger partial charge in [-0.3, -0.25) is 4.79 Å². The maximum Gasteiger partial charge on any atom is 0.278 e. The molecule has 1 amide bonds. The number of benzene rings is 3. The maximum atomic E-state index is 13.3. The fourth-order valence-corrected chi connectivity index (χ4v) is 4.82. The van der Waals surface area contributed by atoms with Crippen molar-refractivity contribution < 1.29 is 22.7 Å². The smallest absolute Gasteiger partial charge is 0.278 e. The van der Waals surface area contributed by atoms with Crippen molar-refractivity contribution in [3.63, 3.8) is 0 Å². The molecule has 0 N–H and O–H groups in total. The minimum atomic E-state index is -4.20. The number of hydrogen-bond donors (Lipinski definition) is 0. The van der Waals surface area contributed by atoms with Gasteiger partial charge in [-0.15, -0.1) is 0 Å². The van der Waals surface area contributed by atoms with E-state index in [4.69, 9.17) is 21.1 Å². The molecule has 0 bridgehead atoms. The number of amides is 1. The predicted molar refractivity (Wildman–Crippen MR) is 125 cm³/mol. The Morgan fingerprint density at radius 2 is 1.69 bits per heavy atom. The first kappa shape index (κ1) is 23.6. The topological polar surface area (TPSA) is 72.9 Å². The second-order valence-corrected chi connectivity index (χ2v) is 9.17. The normalized spacial score (nSPS) is 11.1. The summed E-state index contributed by atoms with van der Waals surface area (Å²) in [6, 6.07) is 19.4. The fourth-order valence-electron chi connectivity index (χ4n) is 3.14. The van der Waals surface area contributed by atoms with Gasteiger partial charge in [-0.1, -0.05) is 55.3 Å². The van der Waals surface area contributed by atoms with Crippen molar-refractivity contribution >= 4 is 33.2 Å². The van der Waals surface area contributed by atoms with E-state index < -0.39 is 22.5 Å². The number of sulfonamides is 1. The number of aryl methyl sites for hydroxylation is 1. The highest BCUT2D eigenvalue weighted by Crippen LogP contribution is 2.32. The summed E-state index contributed by atoms with van der Waals surface area (Å²) in [6.07, 6.45) is 1.97. The average Bonchev–Trinajstić information content (AvgIpc) is 2.79. The molecule has 3 rings (SSSR count). The Balaban J connectivity index is 1.91. The van der Waals surface area contributed by atoms with E-state index in [1.807, 2.05) is 12.1 Å². The lowest BCUT2D eigenvalue weighted by molar-refractivity contribution is -0.119. The molecule has 0 radical (unpaired) electrons. The summed E-state index contributed by atoms with van der Waals surface area (Å²) in [6.45, 7) is 1.62. The van der Waals surface area contributed by atoms with E-state index in [9.17, 15) is 13.2 Å². The molecule has 0 aliphatic carbocycles. The lowest BCUT2D eigenvalue weighted by Crippen LogP contribution is -2.40. The Morgan fingerprint density at radius 1 is 1.00 bits per heavy atom. The fraction of sp³-hybridized carbons (Fsp3) is 0.208. The van der Waals surface area contributed by atoms with Crippen molar-refractivity contribution in [2.24, 2.45) is 0 Å². The van der Waals surface area contributed by atoms with Crippen molar-refractivity contribution in [3.8, 4) is 11.5 Å². The highest BCUT2D eigenvalue weighted by Gasteiger charge is 2.31. The van der Waals surface area contributed by atoms with E-state index in [0.717, 1.165) is 18.4 Å². The van der Waals surface area contributed by atoms with Gasteiger partial charge in [0.05, 0.1) is 22.7 Å². The van der Waals surface area contributed by atoms with E-state index in [2.05, 4.69) is 6.92 Å². The first-order valence-corrected chi connectivity index (χ1v) is 11.9. The average molecular weight is 474 g/mol. The number of rotatable bonds is 9. The molecule has 3 aromatic carbocycles. The molecule has 0 saturated heterocycles. The van der Waals surface area contributed by atoms with Crippen LogP contribution in [0.4, 0.5) is 5.69 Å². The molecule has 0 fully saturated rings. The molecular formula is C24H24ClNO5S. The number of carbonyl (C=O) groups is 1. The zero-order valence-electron chi connectivity index (χ0n) is 17.8. The molecule has 0 heterocycles. The molecule has 3 aromatic rings. The molecular weight excluding hydrogens is 450 g/mol. The summed E-state index contributed by atoms with van der Waals surface area (Å²) in [5.74, 6) is 0.0825. The molecule has 168 valence electrons. The van der Waals surface area contributed by atoms with E-state index in [-0.39, 0.29) is 15.6 Å². The van der Waals surface area contributed by atoms with Gasteiger partial charge in [-0.2, -0.15) is 4.31 Å². The number of anilines is 1. The first-order chi connectivity index (χ1) is 15.4. The van der Waals surface area contributed by atoms with Gasteiger partial charge in [-0.05, 0) is 54.4 Å². The SMILES string of the molecule is CCCc1ccc(OCC(=O)N(c2ccc(OC)c(Cl)c2)S(=O)(=O)c2ccccc2)cc1. The molecule has 0 saturated carbocycles. The van der Waals surface area contributed by atoms with Crippen LogP contribution < -0.4 is 13.8 Å². The molecule has 0 unspecified atom stereocenters. The van der Waals surface area contributed by atoms with Gasteiger partial charge < -0.3 is 9.47 Å². The Morgan fingerprint density at radius 3 is 2.28 bits per heavy atom. The predicted octanol–water partition coefficient (Wildman–Crippen LogP) is 5.10. The largest absolute Gasteiger partial charge is 0.495 e. The number of methoxy groups -OCH3 is 1. The third-order valence-corrected chi connectivity index (χ3v) is 6.76. The van der Waals surface area contributed by atoms with E-state index >= 15 is 0 Å². The first-order valence-electron chi connectivity index (χ1n) is 10.0. The van der Waals surface area contributed by atoms with Gasteiger partial charge in [0.15, 0.2) is 6.61 Å². The van der Waals surface area contributed by atoms with Gasteiger partial charge in [0.2, 0.25) is 0 Å². The monoisotopic (exact) mass is 473 g/mol. The van der Waals surface area contributed by atoms with Gasteiger partial charge >= 0.3 is 0 Å². The zero-order chi connectivity index (χ0) is 23.1. The molecule has 0 atom stereocenters. The summed E-state index contributed by atoms with van der Waals surface area (Å²) in [5.41, 5.74) is 1.25. The number of carbonyl (C=O) groups excluding carboxylic acids is 1. The van der Waals surface area contributed by atoms with Crippen LogP contribution in [-0.4, -0.2) is 28.0 Å². The Bertz CT molecular complexity index is 1160. The van der Waals surface area contributed by atoms with Gasteiger partial charge in [0.1, 0.15) is 11.5 Å². The summed E-state index contributed by atoms with van der Waals surface area (Å²) < 4.78 is 38.1. The van der Waals surface area contributed by atoms with Crippen molar-refractivity contribution in [2.75, 3.05) is 18.0 Å². The van der Waals surface area contributed by atoms with E-state index in [1.165, 1.54) is 37.4 Å². The van der Waals surface area contributed by atoms with Crippen LogP contribution in [0.5, 0.6) is 11.5 Å². The van der Waals surface area contributed by atoms with Crippen LogP contribution in [-0.2, 0) is 21.2 Å². The summed E-state index contributed by atoms with van der Waals surface area (Å²) in [4.78, 5) is 13.1. The van der Waals surface area contributed by atoms with Gasteiger partial charge in [0, 0.05) is 0 Å². The third kappa shape index (κ3) is 5.41.